The molecule has 1 aromatic rings. The Bertz CT molecular complexity index is 816. The number of nitrogens with one attached hydrogen (secondary N) is 3. The van der Waals surface area contributed by atoms with Crippen molar-refractivity contribution in [2.45, 2.75) is 52.7 Å². The van der Waals surface area contributed by atoms with Crippen molar-refractivity contribution in [3.05, 3.63) is 24.3 Å². The summed E-state index contributed by atoms with van der Waals surface area (Å²) < 4.78 is 5.09. The van der Waals surface area contributed by atoms with Gasteiger partial charge < -0.3 is 25.6 Å². The molecule has 1 atom stereocenters. The molecular formula is C21H30N4O5. The minimum Gasteiger partial charge on any atom is -0.444 e. The van der Waals surface area contributed by atoms with Crippen LogP contribution in [0.4, 0.5) is 16.2 Å². The molecule has 164 valence electrons. The van der Waals surface area contributed by atoms with Crippen molar-refractivity contribution in [2.24, 2.45) is 5.92 Å². The van der Waals surface area contributed by atoms with Crippen molar-refractivity contribution in [1.29, 1.82) is 0 Å². The molecule has 0 radical (unpaired) electrons. The fraction of sp³-hybridized carbons (Fsp3) is 0.524. The van der Waals surface area contributed by atoms with Crippen LogP contribution in [0.5, 0.6) is 0 Å². The van der Waals surface area contributed by atoms with Gasteiger partial charge in [-0.1, -0.05) is 12.1 Å². The number of carbonyl (C=O) groups excluding carboxylic acids is 4. The average Bonchev–Trinajstić information content (AvgIpc) is 3.02. The predicted octanol–water partition coefficient (Wildman–Crippen LogP) is 2.35. The third-order valence-corrected chi connectivity index (χ3v) is 4.40. The molecule has 0 aromatic heterocycles. The van der Waals surface area contributed by atoms with Crippen LogP contribution in [0.25, 0.3) is 0 Å². The predicted molar refractivity (Wildman–Crippen MR) is 113 cm³/mol. The molecule has 3 N–H and O–H groups in total. The first-order chi connectivity index (χ1) is 14.0. The SMILES string of the molecule is CC(C)N1CC(C(=O)Nc2ccccc2NC(=O)CNC(=O)OC(C)(C)C)CC1=O. The molecule has 4 amide bonds. The van der Waals surface area contributed by atoms with E-state index in [9.17, 15) is 19.2 Å². The van der Waals surface area contributed by atoms with Gasteiger partial charge in [0.25, 0.3) is 0 Å². The second-order valence-corrected chi connectivity index (χ2v) is 8.48. The van der Waals surface area contributed by atoms with E-state index >= 15 is 0 Å². The number of anilines is 2. The number of benzene rings is 1. The Balaban J connectivity index is 1.94. The van der Waals surface area contributed by atoms with Gasteiger partial charge in [-0.25, -0.2) is 4.79 Å². The van der Waals surface area contributed by atoms with Crippen LogP contribution in [-0.2, 0) is 19.1 Å². The van der Waals surface area contributed by atoms with Crippen LogP contribution in [0.2, 0.25) is 0 Å². The van der Waals surface area contributed by atoms with Gasteiger partial charge in [0.2, 0.25) is 17.7 Å². The van der Waals surface area contributed by atoms with Crippen LogP contribution in [0, 0.1) is 5.92 Å². The summed E-state index contributed by atoms with van der Waals surface area (Å²) in [7, 11) is 0. The van der Waals surface area contributed by atoms with E-state index in [1.54, 1.807) is 49.9 Å². The third-order valence-electron chi connectivity index (χ3n) is 4.40. The molecule has 30 heavy (non-hydrogen) atoms. The summed E-state index contributed by atoms with van der Waals surface area (Å²) in [4.78, 5) is 50.2. The second kappa shape index (κ2) is 9.60. The number of hydrogen-bond donors (Lipinski definition) is 3. The number of rotatable bonds is 6. The molecular weight excluding hydrogens is 388 g/mol. The highest BCUT2D eigenvalue weighted by Gasteiger charge is 2.35. The maximum atomic E-state index is 12.6. The van der Waals surface area contributed by atoms with Crippen molar-refractivity contribution in [2.75, 3.05) is 23.7 Å². The Morgan fingerprint density at radius 3 is 2.27 bits per heavy atom. The van der Waals surface area contributed by atoms with E-state index < -0.39 is 23.5 Å². The number of alkyl carbamates (subject to hydrolysis) is 1. The fourth-order valence-corrected chi connectivity index (χ4v) is 3.00. The highest BCUT2D eigenvalue weighted by atomic mass is 16.6. The number of para-hydroxylation sites is 2. The van der Waals surface area contributed by atoms with Crippen molar-refractivity contribution in [1.82, 2.24) is 10.2 Å². The molecule has 0 saturated carbocycles. The molecule has 9 nitrogen and oxygen atoms in total. The maximum absolute atomic E-state index is 12.6. The zero-order valence-corrected chi connectivity index (χ0v) is 18.1. The van der Waals surface area contributed by atoms with Crippen LogP contribution in [0.15, 0.2) is 24.3 Å². The molecule has 9 heteroatoms. The summed E-state index contributed by atoms with van der Waals surface area (Å²) in [5.41, 5.74) is 0.153. The Hall–Kier alpha value is -3.10. The van der Waals surface area contributed by atoms with Gasteiger partial charge in [0.15, 0.2) is 0 Å². The third kappa shape index (κ3) is 6.75. The quantitative estimate of drug-likeness (QED) is 0.656. The van der Waals surface area contributed by atoms with Gasteiger partial charge >= 0.3 is 6.09 Å². The van der Waals surface area contributed by atoms with Crippen LogP contribution in [-0.4, -0.2) is 53.4 Å². The van der Waals surface area contributed by atoms with E-state index in [1.807, 2.05) is 13.8 Å². The first kappa shape index (κ1) is 23.2. The van der Waals surface area contributed by atoms with E-state index in [4.69, 9.17) is 4.74 Å². The molecule has 1 aromatic carbocycles. The molecule has 1 fully saturated rings. The summed E-state index contributed by atoms with van der Waals surface area (Å²) in [5, 5.41) is 7.83. The smallest absolute Gasteiger partial charge is 0.408 e. The summed E-state index contributed by atoms with van der Waals surface area (Å²) >= 11 is 0. The molecule has 0 spiro atoms. The molecule has 1 unspecified atom stereocenters. The lowest BCUT2D eigenvalue weighted by Crippen LogP contribution is -2.37. The van der Waals surface area contributed by atoms with E-state index in [-0.39, 0.29) is 30.8 Å². The zero-order valence-electron chi connectivity index (χ0n) is 18.1. The number of nitrogens with zero attached hydrogens (tertiary/aromatic N) is 1. The van der Waals surface area contributed by atoms with Crippen LogP contribution < -0.4 is 16.0 Å². The Kier molecular flexibility index (Phi) is 7.42. The Labute approximate surface area is 176 Å². The van der Waals surface area contributed by atoms with Crippen LogP contribution in [0.3, 0.4) is 0 Å². The van der Waals surface area contributed by atoms with Gasteiger partial charge in [-0.05, 0) is 46.8 Å². The first-order valence-electron chi connectivity index (χ1n) is 9.92. The number of ether oxygens (including phenoxy) is 1. The highest BCUT2D eigenvalue weighted by Crippen LogP contribution is 2.25. The average molecular weight is 418 g/mol. The van der Waals surface area contributed by atoms with Crippen molar-refractivity contribution < 1.29 is 23.9 Å². The standard InChI is InChI=1S/C21H30N4O5/c1-13(2)25-12-14(10-18(25)27)19(28)24-16-9-7-6-8-15(16)23-17(26)11-22-20(29)30-21(3,4)5/h6-9,13-14H,10-12H2,1-5H3,(H,22,29)(H,23,26)(H,24,28). The zero-order chi connectivity index (χ0) is 22.5. The van der Waals surface area contributed by atoms with Crippen molar-refractivity contribution >= 4 is 35.2 Å². The lowest BCUT2D eigenvalue weighted by Gasteiger charge is -2.21. The van der Waals surface area contributed by atoms with Gasteiger partial charge in [0.1, 0.15) is 12.1 Å². The summed E-state index contributed by atoms with van der Waals surface area (Å²) in [5.74, 6) is -1.23. The molecule has 2 rings (SSSR count). The molecule has 1 saturated heterocycles. The Morgan fingerprint density at radius 1 is 1.13 bits per heavy atom. The number of carbonyl (C=O) groups is 4. The van der Waals surface area contributed by atoms with Gasteiger partial charge in [0.05, 0.1) is 17.3 Å². The topological polar surface area (TPSA) is 117 Å². The highest BCUT2D eigenvalue weighted by molar-refractivity contribution is 6.02. The maximum Gasteiger partial charge on any atom is 0.408 e. The van der Waals surface area contributed by atoms with Gasteiger partial charge in [-0.15, -0.1) is 0 Å². The molecule has 0 bridgehead atoms. The molecule has 1 heterocycles. The Morgan fingerprint density at radius 2 is 1.73 bits per heavy atom. The normalized spacial score (nSPS) is 16.4. The van der Waals surface area contributed by atoms with E-state index in [0.717, 1.165) is 0 Å². The lowest BCUT2D eigenvalue weighted by molar-refractivity contribution is -0.129. The van der Waals surface area contributed by atoms with Gasteiger partial charge in [0, 0.05) is 19.0 Å². The molecule has 1 aliphatic rings. The molecule has 1 aliphatic heterocycles. The largest absolute Gasteiger partial charge is 0.444 e. The van der Waals surface area contributed by atoms with Crippen LogP contribution >= 0.6 is 0 Å². The van der Waals surface area contributed by atoms with Gasteiger partial charge in [-0.3, -0.25) is 14.4 Å². The fourth-order valence-electron chi connectivity index (χ4n) is 3.00. The number of likely N-dealkylation sites (tertiary alicyclic amines) is 1. The monoisotopic (exact) mass is 418 g/mol. The second-order valence-electron chi connectivity index (χ2n) is 8.48. The number of amides is 4. The summed E-state index contributed by atoms with van der Waals surface area (Å²) in [6, 6.07) is 6.78. The first-order valence-corrected chi connectivity index (χ1v) is 9.92. The lowest BCUT2D eigenvalue weighted by atomic mass is 10.1. The minimum atomic E-state index is -0.695. The van der Waals surface area contributed by atoms with E-state index in [2.05, 4.69) is 16.0 Å². The van der Waals surface area contributed by atoms with Crippen molar-refractivity contribution in [3.8, 4) is 0 Å². The van der Waals surface area contributed by atoms with E-state index in [1.165, 1.54) is 0 Å². The van der Waals surface area contributed by atoms with E-state index in [0.29, 0.717) is 17.9 Å². The summed E-state index contributed by atoms with van der Waals surface area (Å²) in [6.45, 7) is 9.09. The van der Waals surface area contributed by atoms with Gasteiger partial charge in [-0.2, -0.15) is 0 Å². The number of hydrogen-bond acceptors (Lipinski definition) is 5. The summed E-state index contributed by atoms with van der Waals surface area (Å²) in [6.07, 6.45) is -0.530. The van der Waals surface area contributed by atoms with Crippen LogP contribution in [0.1, 0.15) is 41.0 Å². The van der Waals surface area contributed by atoms with Crippen molar-refractivity contribution in [3.63, 3.8) is 0 Å². The minimum absolute atomic E-state index is 0.0411. The molecule has 0 aliphatic carbocycles.